The first-order valence-electron chi connectivity index (χ1n) is 9.02. The monoisotopic (exact) mass is 358 g/mol. The molecule has 6 heteroatoms. The molecule has 0 unspecified atom stereocenters. The number of para-hydroxylation sites is 1. The van der Waals surface area contributed by atoms with Crippen LogP contribution in [0.3, 0.4) is 0 Å². The number of aromatic nitrogens is 1. The van der Waals surface area contributed by atoms with E-state index in [0.717, 1.165) is 16.5 Å². The van der Waals surface area contributed by atoms with Crippen LogP contribution in [0.4, 0.5) is 4.79 Å². The van der Waals surface area contributed by atoms with Gasteiger partial charge in [0, 0.05) is 30.6 Å². The fraction of sp³-hybridized carbons (Fsp3) is 0.500. The zero-order valence-corrected chi connectivity index (χ0v) is 15.7. The highest BCUT2D eigenvalue weighted by Gasteiger charge is 2.37. The van der Waals surface area contributed by atoms with Gasteiger partial charge in [0.25, 0.3) is 0 Å². The fourth-order valence-electron chi connectivity index (χ4n) is 3.47. The number of hydrogen-bond acceptors (Lipinski definition) is 5. The topological polar surface area (TPSA) is 69.6 Å². The Hall–Kier alpha value is -2.34. The second-order valence-corrected chi connectivity index (χ2v) is 7.58. The summed E-state index contributed by atoms with van der Waals surface area (Å²) >= 11 is 0. The van der Waals surface area contributed by atoms with E-state index in [1.54, 1.807) is 0 Å². The molecule has 0 saturated carbocycles. The second kappa shape index (κ2) is 7.11. The van der Waals surface area contributed by atoms with Crippen molar-refractivity contribution in [2.45, 2.75) is 39.2 Å². The lowest BCUT2D eigenvalue weighted by atomic mass is 9.89. The first kappa shape index (κ1) is 18.5. The van der Waals surface area contributed by atoms with Gasteiger partial charge in [-0.2, -0.15) is 0 Å². The molecule has 1 N–H and O–H groups in total. The Bertz CT molecular complexity index is 819. The minimum Gasteiger partial charge on any atom is -0.466 e. The predicted octanol–water partition coefficient (Wildman–Crippen LogP) is 3.29. The molecule has 1 fully saturated rings. The molecule has 6 nitrogen and oxygen atoms in total. The van der Waals surface area contributed by atoms with Gasteiger partial charge in [-0.05, 0) is 39.3 Å². The van der Waals surface area contributed by atoms with Crippen molar-refractivity contribution >= 4 is 23.0 Å². The highest BCUT2D eigenvalue weighted by atomic mass is 16.6. The third-order valence-corrected chi connectivity index (χ3v) is 4.54. The maximum absolute atomic E-state index is 12.7. The van der Waals surface area contributed by atoms with E-state index in [9.17, 15) is 9.59 Å². The second-order valence-electron chi connectivity index (χ2n) is 7.58. The van der Waals surface area contributed by atoms with Crippen LogP contribution in [-0.2, 0) is 14.3 Å². The van der Waals surface area contributed by atoms with Crippen LogP contribution in [0.15, 0.2) is 30.5 Å². The van der Waals surface area contributed by atoms with Gasteiger partial charge in [-0.3, -0.25) is 9.36 Å². The lowest BCUT2D eigenvalue weighted by Gasteiger charge is -2.19. The highest BCUT2D eigenvalue weighted by Crippen LogP contribution is 2.35. The summed E-state index contributed by atoms with van der Waals surface area (Å²) < 4.78 is 12.3. The Kier molecular flexibility index (Phi) is 5.05. The molecule has 1 saturated heterocycles. The molecule has 1 aromatic heterocycles. The Morgan fingerprint density at radius 2 is 1.96 bits per heavy atom. The molecule has 2 atom stereocenters. The summed E-state index contributed by atoms with van der Waals surface area (Å²) in [5.74, 6) is -0.493. The van der Waals surface area contributed by atoms with E-state index >= 15 is 0 Å². The molecule has 0 radical (unpaired) electrons. The standard InChI is InChI=1S/C20H26N2O4/c1-5-25-18(23)15-11-21-10-14(15)16-12-22(19(24)26-20(2,3)4)17-9-7-6-8-13(16)17/h6-9,12,14-15,21H,5,10-11H2,1-4H3/t14-,15-/m1/s1. The maximum atomic E-state index is 12.7. The molecule has 26 heavy (non-hydrogen) atoms. The van der Waals surface area contributed by atoms with Crippen LogP contribution >= 0.6 is 0 Å². The first-order chi connectivity index (χ1) is 12.3. The van der Waals surface area contributed by atoms with Gasteiger partial charge in [-0.15, -0.1) is 0 Å². The van der Waals surface area contributed by atoms with Gasteiger partial charge >= 0.3 is 12.1 Å². The van der Waals surface area contributed by atoms with Crippen LogP contribution in [-0.4, -0.2) is 41.9 Å². The van der Waals surface area contributed by atoms with Gasteiger partial charge in [-0.1, -0.05) is 18.2 Å². The molecule has 0 bridgehead atoms. The Morgan fingerprint density at radius 3 is 2.65 bits per heavy atom. The van der Waals surface area contributed by atoms with Gasteiger partial charge in [0.05, 0.1) is 18.0 Å². The van der Waals surface area contributed by atoms with Gasteiger partial charge in [0.15, 0.2) is 0 Å². The van der Waals surface area contributed by atoms with Crippen molar-refractivity contribution in [2.24, 2.45) is 5.92 Å². The number of esters is 1. The normalized spacial score (nSPS) is 20.3. The van der Waals surface area contributed by atoms with Crippen LogP contribution < -0.4 is 5.32 Å². The van der Waals surface area contributed by atoms with Crippen molar-refractivity contribution < 1.29 is 19.1 Å². The van der Waals surface area contributed by atoms with E-state index in [-0.39, 0.29) is 17.8 Å². The molecular weight excluding hydrogens is 332 g/mol. The van der Waals surface area contributed by atoms with Gasteiger partial charge in [0.2, 0.25) is 0 Å². The van der Waals surface area contributed by atoms with Gasteiger partial charge in [-0.25, -0.2) is 4.79 Å². The van der Waals surface area contributed by atoms with Crippen LogP contribution in [0.25, 0.3) is 10.9 Å². The van der Waals surface area contributed by atoms with Gasteiger partial charge in [0.1, 0.15) is 5.60 Å². The summed E-state index contributed by atoms with van der Waals surface area (Å²) in [5, 5.41) is 4.23. The Labute approximate surface area is 153 Å². The largest absolute Gasteiger partial charge is 0.466 e. The average Bonchev–Trinajstić information content (AvgIpc) is 3.18. The van der Waals surface area contributed by atoms with Crippen LogP contribution in [0, 0.1) is 5.92 Å². The van der Waals surface area contributed by atoms with E-state index in [0.29, 0.717) is 19.7 Å². The number of nitrogens with zero attached hydrogens (tertiary/aromatic N) is 1. The third-order valence-electron chi connectivity index (χ3n) is 4.54. The van der Waals surface area contributed by atoms with Crippen molar-refractivity contribution in [1.29, 1.82) is 0 Å². The molecule has 0 amide bonds. The zero-order chi connectivity index (χ0) is 18.9. The molecule has 3 rings (SSSR count). The van der Waals surface area contributed by atoms with E-state index < -0.39 is 11.7 Å². The number of benzene rings is 1. The smallest absolute Gasteiger partial charge is 0.419 e. The molecule has 1 aromatic carbocycles. The predicted molar refractivity (Wildman–Crippen MR) is 99.3 cm³/mol. The first-order valence-corrected chi connectivity index (χ1v) is 9.02. The minimum absolute atomic E-state index is 0.0392. The molecular formula is C20H26N2O4. The molecule has 1 aliphatic rings. The molecule has 140 valence electrons. The molecule has 0 aliphatic carbocycles. The van der Waals surface area contributed by atoms with Crippen molar-refractivity contribution in [3.8, 4) is 0 Å². The molecule has 0 spiro atoms. The molecule has 1 aliphatic heterocycles. The number of carbonyl (C=O) groups excluding carboxylic acids is 2. The van der Waals surface area contributed by atoms with E-state index in [1.807, 2.05) is 58.2 Å². The Morgan fingerprint density at radius 1 is 1.23 bits per heavy atom. The van der Waals surface area contributed by atoms with E-state index in [4.69, 9.17) is 9.47 Å². The van der Waals surface area contributed by atoms with Crippen molar-refractivity contribution in [1.82, 2.24) is 9.88 Å². The number of ether oxygens (including phenoxy) is 2. The maximum Gasteiger partial charge on any atom is 0.419 e. The summed E-state index contributed by atoms with van der Waals surface area (Å²) in [6.45, 7) is 8.95. The lowest BCUT2D eigenvalue weighted by Crippen LogP contribution is -2.27. The van der Waals surface area contributed by atoms with Crippen molar-refractivity contribution in [2.75, 3.05) is 19.7 Å². The third kappa shape index (κ3) is 3.60. The Balaban J connectivity index is 2.02. The quantitative estimate of drug-likeness (QED) is 0.853. The van der Waals surface area contributed by atoms with Crippen LogP contribution in [0.5, 0.6) is 0 Å². The average molecular weight is 358 g/mol. The number of rotatable bonds is 3. The SMILES string of the molecule is CCOC(=O)[C@@H]1CNC[C@H]1c1cn(C(=O)OC(C)(C)C)c2ccccc12. The number of hydrogen-bond donors (Lipinski definition) is 1. The summed E-state index contributed by atoms with van der Waals surface area (Å²) in [5.41, 5.74) is 1.17. The minimum atomic E-state index is -0.578. The summed E-state index contributed by atoms with van der Waals surface area (Å²) in [6.07, 6.45) is 1.39. The van der Waals surface area contributed by atoms with Crippen LogP contribution in [0.2, 0.25) is 0 Å². The number of fused-ring (bicyclic) bond motifs is 1. The molecule has 2 aromatic rings. The summed E-state index contributed by atoms with van der Waals surface area (Å²) in [7, 11) is 0. The van der Waals surface area contributed by atoms with E-state index in [1.165, 1.54) is 4.57 Å². The fourth-order valence-corrected chi connectivity index (χ4v) is 3.47. The van der Waals surface area contributed by atoms with E-state index in [2.05, 4.69) is 5.32 Å². The number of nitrogens with one attached hydrogen (secondary N) is 1. The zero-order valence-electron chi connectivity index (χ0n) is 15.7. The lowest BCUT2D eigenvalue weighted by molar-refractivity contribution is -0.147. The van der Waals surface area contributed by atoms with Crippen LogP contribution in [0.1, 0.15) is 39.2 Å². The summed E-state index contributed by atoms with van der Waals surface area (Å²) in [6, 6.07) is 7.70. The van der Waals surface area contributed by atoms with Gasteiger partial charge < -0.3 is 14.8 Å². The summed E-state index contributed by atoms with van der Waals surface area (Å²) in [4.78, 5) is 25.0. The van der Waals surface area contributed by atoms with Crippen molar-refractivity contribution in [3.05, 3.63) is 36.0 Å². The molecule has 2 heterocycles. The number of carbonyl (C=O) groups is 2. The van der Waals surface area contributed by atoms with Crippen molar-refractivity contribution in [3.63, 3.8) is 0 Å². The highest BCUT2D eigenvalue weighted by molar-refractivity contribution is 5.93.